The Balaban J connectivity index is 1.93. The summed E-state index contributed by atoms with van der Waals surface area (Å²) in [5.74, 6) is -1.80. The van der Waals surface area contributed by atoms with E-state index < -0.39 is 23.8 Å². The summed E-state index contributed by atoms with van der Waals surface area (Å²) in [5, 5.41) is 6.06. The van der Waals surface area contributed by atoms with Crippen LogP contribution in [0.15, 0.2) is 34.9 Å². The molecule has 1 unspecified atom stereocenters. The minimum atomic E-state index is -1.03. The standard InChI is InChI=1S/C14H13FN2O4/c1-8-7-12(21-17-8)14(19)20-9(2)13(18)16-11-5-3-10(15)4-6-11/h3-7,9H,1-2H3,(H,16,18). The Morgan fingerprint density at radius 2 is 2.00 bits per heavy atom. The Labute approximate surface area is 119 Å². The molecule has 1 N–H and O–H groups in total. The van der Waals surface area contributed by atoms with Gasteiger partial charge in [-0.25, -0.2) is 9.18 Å². The molecule has 110 valence electrons. The Bertz CT molecular complexity index is 651. The second-order valence-electron chi connectivity index (χ2n) is 4.38. The highest BCUT2D eigenvalue weighted by molar-refractivity contribution is 5.96. The molecule has 0 aliphatic carbocycles. The van der Waals surface area contributed by atoms with E-state index in [2.05, 4.69) is 10.5 Å². The summed E-state index contributed by atoms with van der Waals surface area (Å²) >= 11 is 0. The molecule has 1 amide bonds. The van der Waals surface area contributed by atoms with Gasteiger partial charge in [0.2, 0.25) is 5.76 Å². The number of carbonyl (C=O) groups excluding carboxylic acids is 2. The van der Waals surface area contributed by atoms with Crippen molar-refractivity contribution in [1.82, 2.24) is 5.16 Å². The third-order valence-electron chi connectivity index (χ3n) is 2.59. The Morgan fingerprint density at radius 1 is 1.33 bits per heavy atom. The minimum Gasteiger partial charge on any atom is -0.447 e. The van der Waals surface area contributed by atoms with Gasteiger partial charge < -0.3 is 14.6 Å². The lowest BCUT2D eigenvalue weighted by atomic mass is 10.3. The fourth-order valence-corrected chi connectivity index (χ4v) is 1.51. The zero-order chi connectivity index (χ0) is 15.4. The molecule has 0 saturated heterocycles. The van der Waals surface area contributed by atoms with Gasteiger partial charge in [0.25, 0.3) is 5.91 Å². The molecule has 0 spiro atoms. The first-order chi connectivity index (χ1) is 9.95. The first-order valence-corrected chi connectivity index (χ1v) is 6.16. The number of nitrogens with one attached hydrogen (secondary N) is 1. The van der Waals surface area contributed by atoms with Gasteiger partial charge in [-0.1, -0.05) is 5.16 Å². The normalized spacial score (nSPS) is 11.8. The van der Waals surface area contributed by atoms with E-state index >= 15 is 0 Å². The molecular weight excluding hydrogens is 279 g/mol. The average Bonchev–Trinajstić information content (AvgIpc) is 2.88. The molecule has 6 nitrogen and oxygen atoms in total. The van der Waals surface area contributed by atoms with Gasteiger partial charge in [0, 0.05) is 11.8 Å². The van der Waals surface area contributed by atoms with Crippen molar-refractivity contribution in [3.05, 3.63) is 47.6 Å². The van der Waals surface area contributed by atoms with Crippen molar-refractivity contribution >= 4 is 17.6 Å². The van der Waals surface area contributed by atoms with Gasteiger partial charge in [-0.15, -0.1) is 0 Å². The molecular formula is C14H13FN2O4. The van der Waals surface area contributed by atoms with Crippen LogP contribution in [0.5, 0.6) is 0 Å². The van der Waals surface area contributed by atoms with Crippen LogP contribution in [0.25, 0.3) is 0 Å². The van der Waals surface area contributed by atoms with Crippen LogP contribution in [0.1, 0.15) is 23.2 Å². The zero-order valence-corrected chi connectivity index (χ0v) is 11.4. The molecule has 7 heteroatoms. The van der Waals surface area contributed by atoms with Crippen LogP contribution in [-0.2, 0) is 9.53 Å². The first-order valence-electron chi connectivity index (χ1n) is 6.16. The SMILES string of the molecule is Cc1cc(C(=O)OC(C)C(=O)Nc2ccc(F)cc2)on1. The van der Waals surface area contributed by atoms with Gasteiger partial charge in [0.1, 0.15) is 5.82 Å². The lowest BCUT2D eigenvalue weighted by Crippen LogP contribution is -2.29. The van der Waals surface area contributed by atoms with E-state index in [9.17, 15) is 14.0 Å². The van der Waals surface area contributed by atoms with Crippen LogP contribution in [0, 0.1) is 12.7 Å². The van der Waals surface area contributed by atoms with Crippen molar-refractivity contribution in [2.24, 2.45) is 0 Å². The summed E-state index contributed by atoms with van der Waals surface area (Å²) in [4.78, 5) is 23.5. The Kier molecular flexibility index (Phi) is 4.32. The van der Waals surface area contributed by atoms with Gasteiger partial charge in [-0.3, -0.25) is 4.79 Å². The Hall–Kier alpha value is -2.70. The van der Waals surface area contributed by atoms with Crippen LogP contribution in [0.4, 0.5) is 10.1 Å². The molecule has 21 heavy (non-hydrogen) atoms. The smallest absolute Gasteiger partial charge is 0.377 e. The van der Waals surface area contributed by atoms with Crippen LogP contribution in [-0.4, -0.2) is 23.1 Å². The number of aryl methyl sites for hydroxylation is 1. The van der Waals surface area contributed by atoms with Crippen molar-refractivity contribution < 1.29 is 23.2 Å². The number of hydrogen-bond donors (Lipinski definition) is 1. The van der Waals surface area contributed by atoms with Gasteiger partial charge in [0.15, 0.2) is 6.10 Å². The largest absolute Gasteiger partial charge is 0.447 e. The van der Waals surface area contributed by atoms with E-state index in [1.165, 1.54) is 37.3 Å². The molecule has 0 fully saturated rings. The second kappa shape index (κ2) is 6.17. The highest BCUT2D eigenvalue weighted by Crippen LogP contribution is 2.11. The van der Waals surface area contributed by atoms with Crippen molar-refractivity contribution in [3.8, 4) is 0 Å². The average molecular weight is 292 g/mol. The van der Waals surface area contributed by atoms with Gasteiger partial charge in [0.05, 0.1) is 5.69 Å². The van der Waals surface area contributed by atoms with Gasteiger partial charge in [-0.05, 0) is 38.1 Å². The van der Waals surface area contributed by atoms with Crippen molar-refractivity contribution in [3.63, 3.8) is 0 Å². The zero-order valence-electron chi connectivity index (χ0n) is 11.4. The van der Waals surface area contributed by atoms with E-state index in [0.29, 0.717) is 11.4 Å². The first kappa shape index (κ1) is 14.7. The fraction of sp³-hybridized carbons (Fsp3) is 0.214. The van der Waals surface area contributed by atoms with Gasteiger partial charge >= 0.3 is 5.97 Å². The molecule has 2 rings (SSSR count). The number of halogens is 1. The maximum Gasteiger partial charge on any atom is 0.377 e. The topological polar surface area (TPSA) is 81.4 Å². The third kappa shape index (κ3) is 3.88. The molecule has 1 aromatic carbocycles. The molecule has 1 aromatic heterocycles. The molecule has 2 aromatic rings. The van der Waals surface area contributed by atoms with Crippen LogP contribution in [0.2, 0.25) is 0 Å². The van der Waals surface area contributed by atoms with Crippen LogP contribution >= 0.6 is 0 Å². The molecule has 0 aliphatic rings. The summed E-state index contributed by atoms with van der Waals surface area (Å²) in [5.41, 5.74) is 0.935. The van der Waals surface area contributed by atoms with E-state index in [1.807, 2.05) is 0 Å². The summed E-state index contributed by atoms with van der Waals surface area (Å²) < 4.78 is 22.4. The number of hydrogen-bond acceptors (Lipinski definition) is 5. The Morgan fingerprint density at radius 3 is 2.57 bits per heavy atom. The summed E-state index contributed by atoms with van der Waals surface area (Å²) in [6.45, 7) is 3.07. The fourth-order valence-electron chi connectivity index (χ4n) is 1.51. The molecule has 0 saturated carbocycles. The monoisotopic (exact) mass is 292 g/mol. The van der Waals surface area contributed by atoms with Crippen molar-refractivity contribution in [2.45, 2.75) is 20.0 Å². The second-order valence-corrected chi connectivity index (χ2v) is 4.38. The van der Waals surface area contributed by atoms with Crippen LogP contribution < -0.4 is 5.32 Å². The number of nitrogens with zero attached hydrogens (tertiary/aromatic N) is 1. The van der Waals surface area contributed by atoms with E-state index in [0.717, 1.165) is 0 Å². The summed E-state index contributed by atoms with van der Waals surface area (Å²) in [7, 11) is 0. The number of anilines is 1. The number of ether oxygens (including phenoxy) is 1. The molecule has 0 bridgehead atoms. The van der Waals surface area contributed by atoms with Crippen molar-refractivity contribution in [1.29, 1.82) is 0 Å². The highest BCUT2D eigenvalue weighted by Gasteiger charge is 2.21. The van der Waals surface area contributed by atoms with E-state index in [-0.39, 0.29) is 5.76 Å². The number of amides is 1. The molecule has 1 atom stereocenters. The maximum atomic E-state index is 12.7. The lowest BCUT2D eigenvalue weighted by Gasteiger charge is -2.12. The van der Waals surface area contributed by atoms with Gasteiger partial charge in [-0.2, -0.15) is 0 Å². The maximum absolute atomic E-state index is 12.7. The molecule has 1 heterocycles. The lowest BCUT2D eigenvalue weighted by molar-refractivity contribution is -0.123. The minimum absolute atomic E-state index is 0.0751. The predicted molar refractivity (Wildman–Crippen MR) is 71.1 cm³/mol. The number of benzene rings is 1. The number of aromatic nitrogens is 1. The van der Waals surface area contributed by atoms with E-state index in [4.69, 9.17) is 9.26 Å². The quantitative estimate of drug-likeness (QED) is 0.874. The van der Waals surface area contributed by atoms with Crippen LogP contribution in [0.3, 0.4) is 0 Å². The van der Waals surface area contributed by atoms with Crippen molar-refractivity contribution in [2.75, 3.05) is 5.32 Å². The number of carbonyl (C=O) groups is 2. The highest BCUT2D eigenvalue weighted by atomic mass is 19.1. The summed E-state index contributed by atoms with van der Waals surface area (Å²) in [6.07, 6.45) is -1.03. The predicted octanol–water partition coefficient (Wildman–Crippen LogP) is 2.31. The third-order valence-corrected chi connectivity index (χ3v) is 2.59. The number of esters is 1. The molecule has 0 radical (unpaired) electrons. The van der Waals surface area contributed by atoms with E-state index in [1.54, 1.807) is 6.92 Å². The number of rotatable bonds is 4. The molecule has 0 aliphatic heterocycles. The summed E-state index contributed by atoms with van der Waals surface area (Å²) in [6, 6.07) is 6.64.